The average molecular weight is 328 g/mol. The maximum Gasteiger partial charge on any atom is 0.202 e. The Balaban J connectivity index is 1.36. The molecule has 2 aromatic rings. The van der Waals surface area contributed by atoms with Crippen molar-refractivity contribution >= 4 is 5.95 Å². The molecule has 6 heteroatoms. The van der Waals surface area contributed by atoms with Gasteiger partial charge in [0.2, 0.25) is 5.95 Å². The van der Waals surface area contributed by atoms with E-state index < -0.39 is 0 Å². The van der Waals surface area contributed by atoms with E-state index in [2.05, 4.69) is 31.1 Å². The Morgan fingerprint density at radius 3 is 2.92 bits per heavy atom. The lowest BCUT2D eigenvalue weighted by Gasteiger charge is -2.33. The zero-order chi connectivity index (χ0) is 16.5. The van der Waals surface area contributed by atoms with Gasteiger partial charge in [-0.25, -0.2) is 4.98 Å². The Labute approximate surface area is 143 Å². The fourth-order valence-corrected chi connectivity index (χ4v) is 4.64. The van der Waals surface area contributed by atoms with E-state index in [0.717, 1.165) is 36.8 Å². The van der Waals surface area contributed by atoms with Gasteiger partial charge in [-0.2, -0.15) is 5.10 Å². The zero-order valence-electron chi connectivity index (χ0n) is 14.7. The van der Waals surface area contributed by atoms with Crippen LogP contribution in [0.3, 0.4) is 0 Å². The molecule has 3 atom stereocenters. The highest BCUT2D eigenvalue weighted by Gasteiger charge is 2.39. The van der Waals surface area contributed by atoms with Crippen LogP contribution in [0.1, 0.15) is 24.8 Å². The quantitative estimate of drug-likeness (QED) is 0.913. The van der Waals surface area contributed by atoms with Gasteiger partial charge < -0.3 is 9.88 Å². The molecule has 1 aliphatic heterocycles. The molecule has 24 heavy (non-hydrogen) atoms. The number of aromatic nitrogens is 4. The van der Waals surface area contributed by atoms with Crippen molar-refractivity contribution in [3.8, 4) is 0 Å². The maximum atomic E-state index is 4.39. The first-order valence-electron chi connectivity index (χ1n) is 9.10. The molecule has 2 aromatic heterocycles. The summed E-state index contributed by atoms with van der Waals surface area (Å²) in [5.41, 5.74) is 1.33. The van der Waals surface area contributed by atoms with Gasteiger partial charge in [0, 0.05) is 64.4 Å². The van der Waals surface area contributed by atoms with Gasteiger partial charge in [0.25, 0.3) is 0 Å². The van der Waals surface area contributed by atoms with Gasteiger partial charge in [0.05, 0.1) is 6.20 Å². The van der Waals surface area contributed by atoms with E-state index in [1.165, 1.54) is 37.9 Å². The highest BCUT2D eigenvalue weighted by Crippen LogP contribution is 2.40. The standard InChI is InChI=1S/C18H28N6/c1-22-7-6-19-18(22)20-9-15-4-3-5-16-12-24(13-17(15)16)11-14-8-21-23(2)10-14/h6-8,10,15-17H,3-5,9,11-13H2,1-2H3,(H,19,20)/t15-,16+,17+/m1/s1. The van der Waals surface area contributed by atoms with Gasteiger partial charge in [0.15, 0.2) is 0 Å². The molecule has 0 aromatic carbocycles. The third-order valence-corrected chi connectivity index (χ3v) is 5.83. The summed E-state index contributed by atoms with van der Waals surface area (Å²) in [4.78, 5) is 7.02. The molecule has 4 rings (SSSR count). The van der Waals surface area contributed by atoms with E-state index in [4.69, 9.17) is 0 Å². The van der Waals surface area contributed by atoms with Crippen LogP contribution >= 0.6 is 0 Å². The molecule has 1 aliphatic carbocycles. The first kappa shape index (κ1) is 15.7. The third-order valence-electron chi connectivity index (χ3n) is 5.83. The number of likely N-dealkylation sites (tertiary alicyclic amines) is 1. The molecule has 0 radical (unpaired) electrons. The monoisotopic (exact) mass is 328 g/mol. The molecule has 0 unspecified atom stereocenters. The minimum atomic E-state index is 0.763. The van der Waals surface area contributed by atoms with Crippen molar-refractivity contribution in [2.75, 3.05) is 25.0 Å². The SMILES string of the molecule is Cn1cc(CN2C[C@@H]3CCC[C@H](CNc4nccn4C)[C@@H]3C2)cn1. The van der Waals surface area contributed by atoms with Crippen LogP contribution in [0.15, 0.2) is 24.8 Å². The molecule has 1 N–H and O–H groups in total. The number of hydrogen-bond acceptors (Lipinski definition) is 4. The lowest BCUT2D eigenvalue weighted by molar-refractivity contribution is 0.207. The van der Waals surface area contributed by atoms with Crippen LogP contribution in [0.25, 0.3) is 0 Å². The molecule has 0 bridgehead atoms. The average Bonchev–Trinajstić information content (AvgIpc) is 3.26. The molecule has 0 spiro atoms. The Bertz CT molecular complexity index is 675. The van der Waals surface area contributed by atoms with Crippen molar-refractivity contribution in [1.29, 1.82) is 0 Å². The number of hydrogen-bond donors (Lipinski definition) is 1. The Kier molecular flexibility index (Phi) is 4.31. The van der Waals surface area contributed by atoms with E-state index in [1.807, 2.05) is 37.4 Å². The largest absolute Gasteiger partial charge is 0.355 e. The summed E-state index contributed by atoms with van der Waals surface area (Å²) in [5.74, 6) is 3.44. The summed E-state index contributed by atoms with van der Waals surface area (Å²) in [7, 11) is 4.04. The highest BCUT2D eigenvalue weighted by molar-refractivity contribution is 5.25. The van der Waals surface area contributed by atoms with E-state index >= 15 is 0 Å². The van der Waals surface area contributed by atoms with Crippen LogP contribution in [0.2, 0.25) is 0 Å². The van der Waals surface area contributed by atoms with Gasteiger partial charge >= 0.3 is 0 Å². The summed E-state index contributed by atoms with van der Waals surface area (Å²) in [5, 5.41) is 7.86. The minimum absolute atomic E-state index is 0.763. The van der Waals surface area contributed by atoms with Crippen LogP contribution in [0.5, 0.6) is 0 Å². The molecular weight excluding hydrogens is 300 g/mol. The van der Waals surface area contributed by atoms with Gasteiger partial charge in [0.1, 0.15) is 0 Å². The molecule has 6 nitrogen and oxygen atoms in total. The lowest BCUT2D eigenvalue weighted by atomic mass is 9.74. The van der Waals surface area contributed by atoms with Gasteiger partial charge in [-0.15, -0.1) is 0 Å². The molecule has 1 saturated heterocycles. The van der Waals surface area contributed by atoms with Crippen LogP contribution in [-0.2, 0) is 20.6 Å². The first-order valence-corrected chi connectivity index (χ1v) is 9.10. The third kappa shape index (κ3) is 3.20. The van der Waals surface area contributed by atoms with E-state index in [-0.39, 0.29) is 0 Å². The van der Waals surface area contributed by atoms with E-state index in [1.54, 1.807) is 0 Å². The number of anilines is 1. The summed E-state index contributed by atoms with van der Waals surface area (Å²) < 4.78 is 3.96. The van der Waals surface area contributed by atoms with E-state index in [0.29, 0.717) is 0 Å². The second-order valence-electron chi connectivity index (χ2n) is 7.57. The number of fused-ring (bicyclic) bond motifs is 1. The minimum Gasteiger partial charge on any atom is -0.355 e. The molecular formula is C18H28N6. The highest BCUT2D eigenvalue weighted by atomic mass is 15.2. The normalized spacial score (nSPS) is 27.3. The lowest BCUT2D eigenvalue weighted by Crippen LogP contribution is -2.32. The Morgan fingerprint density at radius 1 is 1.25 bits per heavy atom. The summed E-state index contributed by atoms with van der Waals surface area (Å²) in [6.45, 7) is 4.57. The van der Waals surface area contributed by atoms with Crippen molar-refractivity contribution in [3.63, 3.8) is 0 Å². The fraction of sp³-hybridized carbons (Fsp3) is 0.667. The zero-order valence-corrected chi connectivity index (χ0v) is 14.7. The maximum absolute atomic E-state index is 4.39. The van der Waals surface area contributed by atoms with Gasteiger partial charge in [-0.3, -0.25) is 9.58 Å². The summed E-state index contributed by atoms with van der Waals surface area (Å²) in [6, 6.07) is 0. The fourth-order valence-electron chi connectivity index (χ4n) is 4.64. The Hall–Kier alpha value is -1.82. The predicted molar refractivity (Wildman–Crippen MR) is 94.5 cm³/mol. The van der Waals surface area contributed by atoms with Crippen LogP contribution in [0, 0.1) is 17.8 Å². The van der Waals surface area contributed by atoms with Crippen LogP contribution < -0.4 is 5.32 Å². The summed E-state index contributed by atoms with van der Waals surface area (Å²) in [6.07, 6.45) is 12.1. The number of nitrogens with one attached hydrogen (secondary N) is 1. The number of rotatable bonds is 5. The van der Waals surface area contributed by atoms with E-state index in [9.17, 15) is 0 Å². The van der Waals surface area contributed by atoms with Crippen LogP contribution in [-0.4, -0.2) is 43.9 Å². The van der Waals surface area contributed by atoms with Crippen molar-refractivity contribution in [2.45, 2.75) is 25.8 Å². The first-order chi connectivity index (χ1) is 11.7. The van der Waals surface area contributed by atoms with Crippen molar-refractivity contribution in [3.05, 3.63) is 30.4 Å². The van der Waals surface area contributed by atoms with Gasteiger partial charge in [-0.05, 0) is 30.6 Å². The second kappa shape index (κ2) is 6.59. The molecule has 2 aliphatic rings. The van der Waals surface area contributed by atoms with Crippen molar-refractivity contribution in [1.82, 2.24) is 24.2 Å². The molecule has 130 valence electrons. The van der Waals surface area contributed by atoms with Crippen molar-refractivity contribution < 1.29 is 0 Å². The molecule has 1 saturated carbocycles. The predicted octanol–water partition coefficient (Wildman–Crippen LogP) is 2.11. The van der Waals surface area contributed by atoms with Crippen LogP contribution in [0.4, 0.5) is 5.95 Å². The Morgan fingerprint density at radius 2 is 2.17 bits per heavy atom. The van der Waals surface area contributed by atoms with Gasteiger partial charge in [-0.1, -0.05) is 6.42 Å². The second-order valence-corrected chi connectivity index (χ2v) is 7.57. The summed E-state index contributed by atoms with van der Waals surface area (Å²) >= 11 is 0. The number of nitrogens with zero attached hydrogens (tertiary/aromatic N) is 5. The topological polar surface area (TPSA) is 50.9 Å². The van der Waals surface area contributed by atoms with Crippen molar-refractivity contribution in [2.24, 2.45) is 31.8 Å². The molecule has 0 amide bonds. The molecule has 2 fully saturated rings. The number of imidazole rings is 1. The smallest absolute Gasteiger partial charge is 0.202 e. The molecule has 3 heterocycles. The number of aryl methyl sites for hydroxylation is 2.